The highest BCUT2D eigenvalue weighted by Crippen LogP contribution is 2.10. The van der Waals surface area contributed by atoms with Crippen molar-refractivity contribution in [3.05, 3.63) is 64.4 Å². The van der Waals surface area contributed by atoms with Crippen LogP contribution in [-0.4, -0.2) is 19.5 Å². The summed E-state index contributed by atoms with van der Waals surface area (Å²) in [5.74, 6) is -0.487. The molecule has 3 nitrogen and oxygen atoms in total. The van der Waals surface area contributed by atoms with E-state index in [0.717, 1.165) is 21.5 Å². The number of carbonyl (C=O) groups excluding carboxylic acids is 1. The summed E-state index contributed by atoms with van der Waals surface area (Å²) in [6.07, 6.45) is 0. The van der Waals surface area contributed by atoms with Crippen molar-refractivity contribution in [3.63, 3.8) is 0 Å². The first-order valence-corrected chi connectivity index (χ1v) is 7.43. The molecule has 2 aromatic rings. The molecular formula is C16H17BrFN2O+. The fourth-order valence-corrected chi connectivity index (χ4v) is 2.32. The Morgan fingerprint density at radius 3 is 2.62 bits per heavy atom. The largest absolute Gasteiger partial charge is 0.326 e. The second kappa shape index (κ2) is 7.33. The van der Waals surface area contributed by atoms with E-state index in [9.17, 15) is 9.18 Å². The highest BCUT2D eigenvalue weighted by molar-refractivity contribution is 9.10. The zero-order valence-corrected chi connectivity index (χ0v) is 13.3. The number of benzene rings is 2. The number of likely N-dealkylation sites (N-methyl/N-ethyl adjacent to an activating group) is 1. The number of nitrogens with one attached hydrogen (secondary N) is 2. The molecule has 0 heterocycles. The van der Waals surface area contributed by atoms with Gasteiger partial charge in [-0.1, -0.05) is 34.1 Å². The molecule has 0 aromatic heterocycles. The van der Waals surface area contributed by atoms with Gasteiger partial charge in [-0.2, -0.15) is 0 Å². The summed E-state index contributed by atoms with van der Waals surface area (Å²) in [5, 5.41) is 2.70. The third kappa shape index (κ3) is 5.28. The monoisotopic (exact) mass is 351 g/mol. The second-order valence-corrected chi connectivity index (χ2v) is 5.91. The molecule has 0 aliphatic heterocycles. The first kappa shape index (κ1) is 15.7. The number of hydrogen-bond donors (Lipinski definition) is 2. The number of anilines is 1. The normalized spacial score (nSPS) is 12.0. The standard InChI is InChI=1S/C16H16BrFN2O/c1-20(10-12-5-7-13(17)8-6-12)11-16(21)19-15-4-2-3-14(18)9-15/h2-9H,10-11H2,1H3,(H,19,21)/p+1. The van der Waals surface area contributed by atoms with Crippen LogP contribution >= 0.6 is 15.9 Å². The van der Waals surface area contributed by atoms with Crippen LogP contribution in [0.4, 0.5) is 10.1 Å². The molecule has 1 atom stereocenters. The molecule has 0 radical (unpaired) electrons. The Morgan fingerprint density at radius 2 is 1.95 bits per heavy atom. The smallest absolute Gasteiger partial charge is 0.279 e. The van der Waals surface area contributed by atoms with Crippen LogP contribution in [0.1, 0.15) is 5.56 Å². The molecule has 2 aromatic carbocycles. The van der Waals surface area contributed by atoms with E-state index in [1.54, 1.807) is 12.1 Å². The maximum absolute atomic E-state index is 13.0. The fourth-order valence-electron chi connectivity index (χ4n) is 2.06. The second-order valence-electron chi connectivity index (χ2n) is 5.00. The van der Waals surface area contributed by atoms with Crippen molar-refractivity contribution in [2.75, 3.05) is 18.9 Å². The van der Waals surface area contributed by atoms with Gasteiger partial charge in [0.25, 0.3) is 5.91 Å². The van der Waals surface area contributed by atoms with Crippen molar-refractivity contribution in [1.29, 1.82) is 0 Å². The van der Waals surface area contributed by atoms with Gasteiger partial charge in [-0.25, -0.2) is 4.39 Å². The average molecular weight is 352 g/mol. The van der Waals surface area contributed by atoms with Crippen LogP contribution in [0.25, 0.3) is 0 Å². The molecule has 0 fully saturated rings. The lowest BCUT2D eigenvalue weighted by Crippen LogP contribution is -3.08. The Balaban J connectivity index is 1.86. The van der Waals surface area contributed by atoms with Gasteiger partial charge in [-0.15, -0.1) is 0 Å². The quantitative estimate of drug-likeness (QED) is 0.850. The van der Waals surface area contributed by atoms with Gasteiger partial charge < -0.3 is 10.2 Å². The molecular weight excluding hydrogens is 335 g/mol. The van der Waals surface area contributed by atoms with E-state index in [2.05, 4.69) is 21.2 Å². The number of quaternary nitrogens is 1. The highest BCUT2D eigenvalue weighted by Gasteiger charge is 2.11. The van der Waals surface area contributed by atoms with Crippen molar-refractivity contribution in [2.24, 2.45) is 0 Å². The van der Waals surface area contributed by atoms with Crippen molar-refractivity contribution >= 4 is 27.5 Å². The van der Waals surface area contributed by atoms with Crippen molar-refractivity contribution < 1.29 is 14.1 Å². The van der Waals surface area contributed by atoms with Crippen molar-refractivity contribution in [2.45, 2.75) is 6.54 Å². The van der Waals surface area contributed by atoms with Crippen LogP contribution in [-0.2, 0) is 11.3 Å². The Labute approximate surface area is 131 Å². The number of halogens is 2. The molecule has 0 aliphatic rings. The van der Waals surface area contributed by atoms with Gasteiger partial charge in [0.1, 0.15) is 12.4 Å². The molecule has 2 rings (SSSR count). The van der Waals surface area contributed by atoms with Gasteiger partial charge >= 0.3 is 0 Å². The van der Waals surface area contributed by atoms with Crippen molar-refractivity contribution in [3.8, 4) is 0 Å². The number of carbonyl (C=O) groups is 1. The van der Waals surface area contributed by atoms with Crippen LogP contribution in [0.3, 0.4) is 0 Å². The lowest BCUT2D eigenvalue weighted by Gasteiger charge is -2.14. The minimum absolute atomic E-state index is 0.129. The van der Waals surface area contributed by atoms with Gasteiger partial charge in [0.15, 0.2) is 6.54 Å². The maximum Gasteiger partial charge on any atom is 0.279 e. The number of rotatable bonds is 5. The lowest BCUT2D eigenvalue weighted by atomic mass is 10.2. The predicted octanol–water partition coefficient (Wildman–Crippen LogP) is 2.24. The molecule has 0 aliphatic carbocycles. The molecule has 2 N–H and O–H groups in total. The fraction of sp³-hybridized carbons (Fsp3) is 0.188. The first-order chi connectivity index (χ1) is 10.0. The lowest BCUT2D eigenvalue weighted by molar-refractivity contribution is -0.885. The molecule has 110 valence electrons. The maximum atomic E-state index is 13.0. The van der Waals surface area contributed by atoms with E-state index in [-0.39, 0.29) is 11.7 Å². The topological polar surface area (TPSA) is 33.5 Å². The minimum atomic E-state index is -0.358. The Hall–Kier alpha value is -1.72. The molecule has 0 spiro atoms. The SMILES string of the molecule is C[NH+](CC(=O)Nc1cccc(F)c1)Cc1ccc(Br)cc1. The third-order valence-electron chi connectivity index (χ3n) is 2.99. The van der Waals surface area contributed by atoms with Crippen LogP contribution in [0.15, 0.2) is 53.0 Å². The Morgan fingerprint density at radius 1 is 1.24 bits per heavy atom. The van der Waals surface area contributed by atoms with E-state index in [1.807, 2.05) is 31.3 Å². The van der Waals surface area contributed by atoms with Crippen LogP contribution < -0.4 is 10.2 Å². The van der Waals surface area contributed by atoms with Gasteiger partial charge in [-0.3, -0.25) is 4.79 Å². The van der Waals surface area contributed by atoms with Crippen molar-refractivity contribution in [1.82, 2.24) is 0 Å². The van der Waals surface area contributed by atoms with Gasteiger partial charge in [-0.05, 0) is 30.3 Å². The number of amides is 1. The third-order valence-corrected chi connectivity index (χ3v) is 3.52. The molecule has 0 saturated carbocycles. The van der Waals surface area contributed by atoms with Gasteiger partial charge in [0.05, 0.1) is 7.05 Å². The molecule has 1 unspecified atom stereocenters. The molecule has 1 amide bonds. The molecule has 21 heavy (non-hydrogen) atoms. The summed E-state index contributed by atoms with van der Waals surface area (Å²) in [5.41, 5.74) is 1.64. The van der Waals surface area contributed by atoms with E-state index >= 15 is 0 Å². The zero-order valence-electron chi connectivity index (χ0n) is 11.7. The summed E-state index contributed by atoms with van der Waals surface area (Å²) in [6, 6.07) is 13.9. The van der Waals surface area contributed by atoms with E-state index in [1.165, 1.54) is 12.1 Å². The van der Waals surface area contributed by atoms with E-state index < -0.39 is 0 Å². The minimum Gasteiger partial charge on any atom is -0.326 e. The van der Waals surface area contributed by atoms with Crippen LogP contribution in [0.5, 0.6) is 0 Å². The Bertz CT molecular complexity index is 616. The summed E-state index contributed by atoms with van der Waals surface area (Å²) < 4.78 is 14.1. The number of hydrogen-bond acceptors (Lipinski definition) is 1. The summed E-state index contributed by atoms with van der Waals surface area (Å²) >= 11 is 3.39. The first-order valence-electron chi connectivity index (χ1n) is 6.64. The molecule has 0 bridgehead atoms. The summed E-state index contributed by atoms with van der Waals surface area (Å²) in [6.45, 7) is 1.08. The molecule has 5 heteroatoms. The summed E-state index contributed by atoms with van der Waals surface area (Å²) in [4.78, 5) is 13.0. The predicted molar refractivity (Wildman–Crippen MR) is 84.6 cm³/mol. The van der Waals surface area contributed by atoms with Crippen LogP contribution in [0, 0.1) is 5.82 Å². The highest BCUT2D eigenvalue weighted by atomic mass is 79.9. The zero-order chi connectivity index (χ0) is 15.2. The Kier molecular flexibility index (Phi) is 5.47. The van der Waals surface area contributed by atoms with E-state index in [4.69, 9.17) is 0 Å². The van der Waals surface area contributed by atoms with Crippen LogP contribution in [0.2, 0.25) is 0 Å². The molecule has 0 saturated heterocycles. The summed E-state index contributed by atoms with van der Waals surface area (Å²) in [7, 11) is 1.95. The van der Waals surface area contributed by atoms with Gasteiger partial charge in [0, 0.05) is 15.7 Å². The van der Waals surface area contributed by atoms with Gasteiger partial charge in [0.2, 0.25) is 0 Å². The average Bonchev–Trinajstić information content (AvgIpc) is 2.41. The van der Waals surface area contributed by atoms with E-state index in [0.29, 0.717) is 12.2 Å².